The standard InChI is InChI=1S/C32H34ClNO6/c1-3-39-27-17-21(16-22(33)32(27)40-18-20-12-10-19(2)11-13-20)29-30-23(6-4-8-25(30)35)34(15-14-28(37)38)24-7-5-9-26(36)31(24)29/h10-13,16-17,29H,3-9,14-15,18H2,1-2H3,(H,37,38). The van der Waals surface area contributed by atoms with Gasteiger partial charge in [-0.3, -0.25) is 14.4 Å². The highest BCUT2D eigenvalue weighted by Gasteiger charge is 2.43. The number of carboxylic acids is 1. The first-order chi connectivity index (χ1) is 19.3. The maximum Gasteiger partial charge on any atom is 0.305 e. The molecule has 0 saturated carbocycles. The van der Waals surface area contributed by atoms with Crippen LogP contribution in [0, 0.1) is 6.92 Å². The second-order valence-corrected chi connectivity index (χ2v) is 10.9. The number of aliphatic carboxylic acids is 1. The molecule has 0 atom stereocenters. The van der Waals surface area contributed by atoms with E-state index in [0.717, 1.165) is 22.5 Å². The van der Waals surface area contributed by atoms with Crippen LogP contribution in [-0.4, -0.2) is 40.7 Å². The SMILES string of the molecule is CCOc1cc(C2C3=C(CCCC3=O)N(CCC(=O)O)C3=C2C(=O)CCC3)cc(Cl)c1OCc1ccc(C)cc1. The van der Waals surface area contributed by atoms with E-state index in [1.807, 2.05) is 49.1 Å². The molecule has 1 heterocycles. The Balaban J connectivity index is 1.60. The van der Waals surface area contributed by atoms with Gasteiger partial charge in [0.05, 0.1) is 18.1 Å². The Kier molecular flexibility index (Phi) is 8.31. The molecule has 0 bridgehead atoms. The Hall–Kier alpha value is -3.58. The number of benzene rings is 2. The minimum atomic E-state index is -0.912. The summed E-state index contributed by atoms with van der Waals surface area (Å²) in [6.45, 7) is 4.83. The lowest BCUT2D eigenvalue weighted by atomic mass is 9.71. The first kappa shape index (κ1) is 28.0. The molecule has 0 spiro atoms. The highest BCUT2D eigenvalue weighted by atomic mass is 35.5. The summed E-state index contributed by atoms with van der Waals surface area (Å²) in [6.07, 6.45) is 3.42. The predicted molar refractivity (Wildman–Crippen MR) is 152 cm³/mol. The third kappa shape index (κ3) is 5.52. The zero-order valence-electron chi connectivity index (χ0n) is 22.9. The Morgan fingerprint density at radius 1 is 0.975 bits per heavy atom. The van der Waals surface area contributed by atoms with Crippen molar-refractivity contribution in [3.63, 3.8) is 0 Å². The molecule has 8 heteroatoms. The number of Topliss-reactive ketones (excluding diaryl/α,β-unsaturated/α-hetero) is 2. The molecular formula is C32H34ClNO6. The first-order valence-corrected chi connectivity index (χ1v) is 14.3. The number of ketones is 2. The predicted octanol–water partition coefficient (Wildman–Crippen LogP) is 6.51. The molecule has 0 aromatic heterocycles. The van der Waals surface area contributed by atoms with Gasteiger partial charge >= 0.3 is 5.97 Å². The van der Waals surface area contributed by atoms with Crippen LogP contribution >= 0.6 is 11.6 Å². The van der Waals surface area contributed by atoms with Gasteiger partial charge in [0.1, 0.15) is 6.61 Å². The largest absolute Gasteiger partial charge is 0.490 e. The zero-order valence-corrected chi connectivity index (χ0v) is 23.7. The molecule has 210 valence electrons. The Labute approximate surface area is 239 Å². The van der Waals surface area contributed by atoms with E-state index in [-0.39, 0.29) is 24.5 Å². The molecule has 7 nitrogen and oxygen atoms in total. The number of aryl methyl sites for hydroxylation is 1. The highest BCUT2D eigenvalue weighted by Crippen LogP contribution is 2.51. The monoisotopic (exact) mass is 563 g/mol. The van der Waals surface area contributed by atoms with Crippen molar-refractivity contribution in [3.05, 3.63) is 80.7 Å². The summed E-state index contributed by atoms with van der Waals surface area (Å²) in [5.41, 5.74) is 5.70. The third-order valence-corrected chi connectivity index (χ3v) is 8.09. The van der Waals surface area contributed by atoms with Crippen LogP contribution in [0.3, 0.4) is 0 Å². The molecule has 2 aliphatic carbocycles. The van der Waals surface area contributed by atoms with Crippen molar-refractivity contribution < 1.29 is 29.0 Å². The molecule has 0 radical (unpaired) electrons. The van der Waals surface area contributed by atoms with E-state index in [9.17, 15) is 19.5 Å². The molecule has 0 saturated heterocycles. The number of ether oxygens (including phenoxy) is 2. The molecule has 2 aromatic rings. The Bertz CT molecular complexity index is 1360. The van der Waals surface area contributed by atoms with E-state index in [4.69, 9.17) is 21.1 Å². The van der Waals surface area contributed by atoms with Gasteiger partial charge in [-0.05, 0) is 62.8 Å². The van der Waals surface area contributed by atoms with E-state index >= 15 is 0 Å². The topological polar surface area (TPSA) is 93.1 Å². The summed E-state index contributed by atoms with van der Waals surface area (Å²) in [5, 5.41) is 9.75. The van der Waals surface area contributed by atoms with Crippen LogP contribution in [0.1, 0.15) is 74.5 Å². The highest BCUT2D eigenvalue weighted by molar-refractivity contribution is 6.32. The first-order valence-electron chi connectivity index (χ1n) is 13.9. The normalized spacial score (nSPS) is 17.6. The molecule has 0 fully saturated rings. The molecule has 1 aliphatic heterocycles. The van der Waals surface area contributed by atoms with E-state index in [1.165, 1.54) is 0 Å². The fraction of sp³-hybridized carbons (Fsp3) is 0.406. The Morgan fingerprint density at radius 2 is 1.60 bits per heavy atom. The summed E-state index contributed by atoms with van der Waals surface area (Å²) in [4.78, 5) is 40.4. The van der Waals surface area contributed by atoms with Crippen LogP contribution in [0.15, 0.2) is 58.9 Å². The van der Waals surface area contributed by atoms with Crippen molar-refractivity contribution in [3.8, 4) is 11.5 Å². The van der Waals surface area contributed by atoms with Crippen LogP contribution in [0.25, 0.3) is 0 Å². The molecule has 0 amide bonds. The van der Waals surface area contributed by atoms with Crippen molar-refractivity contribution in [1.82, 2.24) is 4.90 Å². The van der Waals surface area contributed by atoms with Gasteiger partial charge < -0.3 is 19.5 Å². The molecule has 40 heavy (non-hydrogen) atoms. The van der Waals surface area contributed by atoms with Crippen LogP contribution in [0.5, 0.6) is 11.5 Å². The van der Waals surface area contributed by atoms with Gasteiger partial charge in [-0.15, -0.1) is 0 Å². The molecule has 3 aliphatic rings. The number of carbonyl (C=O) groups is 3. The van der Waals surface area contributed by atoms with Crippen molar-refractivity contribution in [2.45, 2.75) is 71.3 Å². The summed E-state index contributed by atoms with van der Waals surface area (Å²) in [5.74, 6) is -0.628. The molecular weight excluding hydrogens is 530 g/mol. The summed E-state index contributed by atoms with van der Waals surface area (Å²) in [7, 11) is 0. The van der Waals surface area contributed by atoms with Gasteiger partial charge in [-0.1, -0.05) is 41.4 Å². The van der Waals surface area contributed by atoms with Gasteiger partial charge in [0, 0.05) is 47.8 Å². The molecule has 1 N–H and O–H groups in total. The lowest BCUT2D eigenvalue weighted by Gasteiger charge is -2.44. The van der Waals surface area contributed by atoms with E-state index in [1.54, 1.807) is 6.07 Å². The fourth-order valence-electron chi connectivity index (χ4n) is 6.02. The van der Waals surface area contributed by atoms with Crippen LogP contribution in [-0.2, 0) is 21.0 Å². The number of carboxylic acid groups (broad SMARTS) is 1. The lowest BCUT2D eigenvalue weighted by Crippen LogP contribution is -2.39. The number of nitrogens with zero attached hydrogens (tertiary/aromatic N) is 1. The molecule has 5 rings (SSSR count). The van der Waals surface area contributed by atoms with Crippen molar-refractivity contribution in [2.24, 2.45) is 0 Å². The van der Waals surface area contributed by atoms with Gasteiger partial charge in [0.15, 0.2) is 23.1 Å². The fourth-order valence-corrected chi connectivity index (χ4v) is 6.30. The number of rotatable bonds is 9. The van der Waals surface area contributed by atoms with Crippen molar-refractivity contribution >= 4 is 29.1 Å². The minimum absolute atomic E-state index is 0.00900. The van der Waals surface area contributed by atoms with Gasteiger partial charge in [0.25, 0.3) is 0 Å². The minimum Gasteiger partial charge on any atom is -0.490 e. The summed E-state index contributed by atoms with van der Waals surface area (Å²) < 4.78 is 12.1. The lowest BCUT2D eigenvalue weighted by molar-refractivity contribution is -0.137. The maximum atomic E-state index is 13.5. The van der Waals surface area contributed by atoms with Crippen LogP contribution in [0.4, 0.5) is 0 Å². The second-order valence-electron chi connectivity index (χ2n) is 10.5. The summed E-state index contributed by atoms with van der Waals surface area (Å²) >= 11 is 6.83. The summed E-state index contributed by atoms with van der Waals surface area (Å²) in [6, 6.07) is 11.7. The molecule has 2 aromatic carbocycles. The number of hydrogen-bond donors (Lipinski definition) is 1. The third-order valence-electron chi connectivity index (χ3n) is 7.80. The average Bonchev–Trinajstić information content (AvgIpc) is 2.92. The quantitative estimate of drug-likeness (QED) is 0.371. The number of allylic oxidation sites excluding steroid dienone is 4. The number of carbonyl (C=O) groups excluding carboxylic acids is 2. The van der Waals surface area contributed by atoms with Gasteiger partial charge in [-0.25, -0.2) is 0 Å². The smallest absolute Gasteiger partial charge is 0.305 e. The average molecular weight is 564 g/mol. The van der Waals surface area contributed by atoms with Crippen LogP contribution < -0.4 is 9.47 Å². The van der Waals surface area contributed by atoms with Gasteiger partial charge in [-0.2, -0.15) is 0 Å². The van der Waals surface area contributed by atoms with Crippen molar-refractivity contribution in [1.29, 1.82) is 0 Å². The molecule has 0 unspecified atom stereocenters. The second kappa shape index (κ2) is 11.9. The zero-order chi connectivity index (χ0) is 28.4. The van der Waals surface area contributed by atoms with E-state index in [0.29, 0.717) is 85.0 Å². The van der Waals surface area contributed by atoms with Gasteiger partial charge in [0.2, 0.25) is 0 Å². The maximum absolute atomic E-state index is 13.5. The van der Waals surface area contributed by atoms with E-state index < -0.39 is 11.9 Å². The van der Waals surface area contributed by atoms with E-state index in [2.05, 4.69) is 0 Å². The van der Waals surface area contributed by atoms with Crippen LogP contribution in [0.2, 0.25) is 5.02 Å². The number of halogens is 1. The Morgan fingerprint density at radius 3 is 2.17 bits per heavy atom. The number of hydrogen-bond acceptors (Lipinski definition) is 6. The van der Waals surface area contributed by atoms with Crippen molar-refractivity contribution in [2.75, 3.05) is 13.2 Å².